The molecule has 0 radical (unpaired) electrons. The zero-order valence-electron chi connectivity index (χ0n) is 15.2. The lowest BCUT2D eigenvalue weighted by Crippen LogP contribution is -2.45. The first kappa shape index (κ1) is 19.8. The van der Waals surface area contributed by atoms with Gasteiger partial charge in [-0.05, 0) is 41.8 Å². The van der Waals surface area contributed by atoms with Gasteiger partial charge in [0.2, 0.25) is 0 Å². The maximum absolute atomic E-state index is 14.9. The summed E-state index contributed by atoms with van der Waals surface area (Å²) < 4.78 is 30.8. The van der Waals surface area contributed by atoms with Crippen molar-refractivity contribution in [3.63, 3.8) is 0 Å². The number of nitrogens with two attached hydrogens (primary N) is 1. The highest BCUT2D eigenvalue weighted by molar-refractivity contribution is 7.22. The van der Waals surface area contributed by atoms with Gasteiger partial charge in [-0.1, -0.05) is 46.7 Å². The molecule has 2 N–H and O–H groups in total. The second kappa shape index (κ2) is 7.10. The highest BCUT2D eigenvalue weighted by Crippen LogP contribution is 2.49. The predicted octanol–water partition coefficient (Wildman–Crippen LogP) is 5.87. The first-order chi connectivity index (χ1) is 13.2. The van der Waals surface area contributed by atoms with Crippen LogP contribution in [0.2, 0.25) is 10.0 Å². The van der Waals surface area contributed by atoms with Crippen molar-refractivity contribution in [2.24, 2.45) is 5.73 Å². The molecule has 1 aliphatic heterocycles. The largest absolute Gasteiger partial charge is 0.347 e. The highest BCUT2D eigenvalue weighted by atomic mass is 35.5. The van der Waals surface area contributed by atoms with Crippen molar-refractivity contribution >= 4 is 49.9 Å². The second-order valence-corrected chi connectivity index (χ2v) is 9.12. The van der Waals surface area contributed by atoms with Crippen molar-refractivity contribution in [3.8, 4) is 0 Å². The van der Waals surface area contributed by atoms with Gasteiger partial charge in [-0.3, -0.25) is 0 Å². The molecule has 3 nitrogen and oxygen atoms in total. The van der Waals surface area contributed by atoms with E-state index in [9.17, 15) is 8.78 Å². The molecule has 0 amide bonds. The maximum atomic E-state index is 14.9. The van der Waals surface area contributed by atoms with Crippen LogP contribution in [0.5, 0.6) is 0 Å². The van der Waals surface area contributed by atoms with Crippen LogP contribution < -0.4 is 10.6 Å². The zero-order chi connectivity index (χ0) is 20.1. The van der Waals surface area contributed by atoms with Gasteiger partial charge in [0.1, 0.15) is 0 Å². The smallest absolute Gasteiger partial charge is 0.256 e. The molecule has 0 spiro atoms. The van der Waals surface area contributed by atoms with Gasteiger partial charge in [-0.15, -0.1) is 0 Å². The molecular formula is C20H19Cl2F2N3S. The number of alkyl halides is 2. The molecule has 1 fully saturated rings. The van der Waals surface area contributed by atoms with E-state index in [4.69, 9.17) is 28.9 Å². The molecule has 0 bridgehead atoms. The molecule has 2 aromatic carbocycles. The molecule has 1 aliphatic rings. The number of fused-ring (bicyclic) bond motifs is 1. The third-order valence-corrected chi connectivity index (χ3v) is 7.14. The van der Waals surface area contributed by atoms with E-state index in [1.54, 1.807) is 18.2 Å². The van der Waals surface area contributed by atoms with Crippen LogP contribution in [0, 0.1) is 0 Å². The Morgan fingerprint density at radius 2 is 1.96 bits per heavy atom. The summed E-state index contributed by atoms with van der Waals surface area (Å²) in [5.74, 6) is -2.95. The number of anilines is 1. The van der Waals surface area contributed by atoms with E-state index in [1.807, 2.05) is 23.1 Å². The fourth-order valence-corrected chi connectivity index (χ4v) is 5.58. The minimum Gasteiger partial charge on any atom is -0.347 e. The van der Waals surface area contributed by atoms with Gasteiger partial charge < -0.3 is 10.6 Å². The number of nitrogens with zero attached hydrogens (tertiary/aromatic N) is 2. The summed E-state index contributed by atoms with van der Waals surface area (Å²) in [6, 6.07) is 10.5. The molecule has 1 atom stereocenters. The quantitative estimate of drug-likeness (QED) is 0.550. The Bertz CT molecular complexity index is 1010. The topological polar surface area (TPSA) is 42.2 Å². The standard InChI is InChI=1S/C20H19Cl2F2N3S/c1-19(23,24)20(13-7-14(21)9-15(22)8-13)5-6-27(11-20)18-26-16-4-2-3-12(10-25)17(16)28-18/h2-4,7-9H,5-6,10-11,25H2,1H3. The second-order valence-electron chi connectivity index (χ2n) is 7.27. The SMILES string of the molecule is CC(F)(F)C1(c2cc(Cl)cc(Cl)c2)CCN(c2nc3cccc(CN)c3s2)C1. The van der Waals surface area contributed by atoms with Crippen LogP contribution in [-0.4, -0.2) is 24.0 Å². The number of benzene rings is 2. The van der Waals surface area contributed by atoms with Crippen molar-refractivity contribution in [1.29, 1.82) is 0 Å². The number of aromatic nitrogens is 1. The summed E-state index contributed by atoms with van der Waals surface area (Å²) in [7, 11) is 0. The van der Waals surface area contributed by atoms with E-state index in [-0.39, 0.29) is 13.0 Å². The molecule has 1 saturated heterocycles. The summed E-state index contributed by atoms with van der Waals surface area (Å²) in [6.07, 6.45) is 0.285. The zero-order valence-corrected chi connectivity index (χ0v) is 17.5. The summed E-state index contributed by atoms with van der Waals surface area (Å²) in [5.41, 5.74) is 6.76. The van der Waals surface area contributed by atoms with Gasteiger partial charge in [0.25, 0.3) is 5.92 Å². The van der Waals surface area contributed by atoms with Gasteiger partial charge >= 0.3 is 0 Å². The van der Waals surface area contributed by atoms with E-state index in [2.05, 4.69) is 4.98 Å². The van der Waals surface area contributed by atoms with Crippen LogP contribution in [-0.2, 0) is 12.0 Å². The Morgan fingerprint density at radius 3 is 2.61 bits per heavy atom. The fraction of sp³-hybridized carbons (Fsp3) is 0.350. The number of rotatable bonds is 4. The van der Waals surface area contributed by atoms with Crippen molar-refractivity contribution in [1.82, 2.24) is 4.98 Å². The van der Waals surface area contributed by atoms with E-state index in [1.165, 1.54) is 11.3 Å². The van der Waals surface area contributed by atoms with Crippen LogP contribution >= 0.6 is 34.5 Å². The highest BCUT2D eigenvalue weighted by Gasteiger charge is 2.55. The first-order valence-corrected chi connectivity index (χ1v) is 10.5. The predicted molar refractivity (Wildman–Crippen MR) is 113 cm³/mol. The van der Waals surface area contributed by atoms with E-state index in [0.717, 1.165) is 27.8 Å². The van der Waals surface area contributed by atoms with E-state index >= 15 is 0 Å². The first-order valence-electron chi connectivity index (χ1n) is 8.91. The minimum atomic E-state index is -2.95. The molecule has 1 unspecified atom stereocenters. The third-order valence-electron chi connectivity index (χ3n) is 5.50. The molecule has 148 valence electrons. The van der Waals surface area contributed by atoms with Crippen molar-refractivity contribution in [2.45, 2.75) is 31.2 Å². The molecule has 1 aromatic heterocycles. The molecule has 0 saturated carbocycles. The molecule has 28 heavy (non-hydrogen) atoms. The summed E-state index contributed by atoms with van der Waals surface area (Å²) >= 11 is 13.7. The number of hydrogen-bond acceptors (Lipinski definition) is 4. The minimum absolute atomic E-state index is 0.144. The number of halogens is 4. The van der Waals surface area contributed by atoms with Crippen molar-refractivity contribution in [3.05, 3.63) is 57.6 Å². The lowest BCUT2D eigenvalue weighted by atomic mass is 9.74. The number of hydrogen-bond donors (Lipinski definition) is 1. The average Bonchev–Trinajstić information content (AvgIpc) is 3.25. The van der Waals surface area contributed by atoms with Gasteiger partial charge in [-0.2, -0.15) is 0 Å². The van der Waals surface area contributed by atoms with Crippen LogP contribution in [0.1, 0.15) is 24.5 Å². The molecule has 4 rings (SSSR count). The molecule has 3 aromatic rings. The van der Waals surface area contributed by atoms with Crippen molar-refractivity contribution in [2.75, 3.05) is 18.0 Å². The lowest BCUT2D eigenvalue weighted by molar-refractivity contribution is -0.0533. The summed E-state index contributed by atoms with van der Waals surface area (Å²) in [5, 5.41) is 1.45. The molecule has 2 heterocycles. The van der Waals surface area contributed by atoms with Gasteiger partial charge in [0.15, 0.2) is 5.13 Å². The number of thiazole rings is 1. The fourth-order valence-electron chi connectivity index (χ4n) is 3.94. The maximum Gasteiger partial charge on any atom is 0.256 e. The van der Waals surface area contributed by atoms with Gasteiger partial charge in [0, 0.05) is 36.6 Å². The normalized spacial score (nSPS) is 20.3. The van der Waals surface area contributed by atoms with Crippen molar-refractivity contribution < 1.29 is 8.78 Å². The van der Waals surface area contributed by atoms with Crippen LogP contribution in [0.15, 0.2) is 36.4 Å². The monoisotopic (exact) mass is 441 g/mol. The third kappa shape index (κ3) is 3.26. The molecule has 0 aliphatic carbocycles. The van der Waals surface area contributed by atoms with Crippen LogP contribution in [0.3, 0.4) is 0 Å². The van der Waals surface area contributed by atoms with E-state index < -0.39 is 11.3 Å². The Kier molecular flexibility index (Phi) is 5.02. The van der Waals surface area contributed by atoms with Gasteiger partial charge in [0.05, 0.1) is 15.6 Å². The Hall–Kier alpha value is -1.47. The Labute approximate surface area is 176 Å². The Balaban J connectivity index is 1.75. The average molecular weight is 442 g/mol. The summed E-state index contributed by atoms with van der Waals surface area (Å²) in [6.45, 7) is 2.00. The molecular weight excluding hydrogens is 423 g/mol. The lowest BCUT2D eigenvalue weighted by Gasteiger charge is -2.35. The summed E-state index contributed by atoms with van der Waals surface area (Å²) in [4.78, 5) is 6.60. The van der Waals surface area contributed by atoms with Gasteiger partial charge in [-0.25, -0.2) is 13.8 Å². The molecule has 8 heteroatoms. The van der Waals surface area contributed by atoms with Crippen LogP contribution in [0.4, 0.5) is 13.9 Å². The Morgan fingerprint density at radius 1 is 1.25 bits per heavy atom. The van der Waals surface area contributed by atoms with Crippen LogP contribution in [0.25, 0.3) is 10.2 Å². The van der Waals surface area contributed by atoms with E-state index in [0.29, 0.717) is 28.7 Å².